The van der Waals surface area contributed by atoms with Gasteiger partial charge < -0.3 is 10.1 Å². The van der Waals surface area contributed by atoms with Crippen LogP contribution in [0.5, 0.6) is 5.75 Å². The number of ether oxygens (including phenoxy) is 1. The molecule has 3 aromatic rings. The molecule has 21 heavy (non-hydrogen) atoms. The maximum atomic E-state index is 8.90. The summed E-state index contributed by atoms with van der Waals surface area (Å²) in [6.07, 6.45) is 0. The van der Waals surface area contributed by atoms with Crippen molar-refractivity contribution >= 4 is 26.7 Å². The van der Waals surface area contributed by atoms with Gasteiger partial charge in [-0.25, -0.2) is 4.98 Å². The number of nitrogens with one attached hydrogen (secondary N) is 1. The van der Waals surface area contributed by atoms with Gasteiger partial charge in [-0.2, -0.15) is 5.26 Å². The van der Waals surface area contributed by atoms with Crippen LogP contribution in [0.4, 0.5) is 5.13 Å². The summed E-state index contributed by atoms with van der Waals surface area (Å²) in [5, 5.41) is 13.1. The predicted molar refractivity (Wildman–Crippen MR) is 84.7 cm³/mol. The fraction of sp³-hybridized carbons (Fsp3) is 0.125. The van der Waals surface area contributed by atoms with Crippen LogP contribution in [0.15, 0.2) is 42.5 Å². The van der Waals surface area contributed by atoms with Crippen LogP contribution in [-0.2, 0) is 6.54 Å². The molecule has 1 aromatic heterocycles. The van der Waals surface area contributed by atoms with Crippen LogP contribution in [0.2, 0.25) is 0 Å². The third-order valence-electron chi connectivity index (χ3n) is 3.10. The molecule has 0 saturated carbocycles. The molecular weight excluding hydrogens is 282 g/mol. The van der Waals surface area contributed by atoms with Crippen molar-refractivity contribution in [3.8, 4) is 11.8 Å². The zero-order valence-corrected chi connectivity index (χ0v) is 12.3. The zero-order chi connectivity index (χ0) is 14.7. The average molecular weight is 295 g/mol. The van der Waals surface area contributed by atoms with Crippen LogP contribution in [0.3, 0.4) is 0 Å². The fourth-order valence-corrected chi connectivity index (χ4v) is 2.93. The highest BCUT2D eigenvalue weighted by molar-refractivity contribution is 7.22. The second kappa shape index (κ2) is 5.81. The van der Waals surface area contributed by atoms with Gasteiger partial charge in [0.15, 0.2) is 5.13 Å². The Hall–Kier alpha value is -2.58. The molecule has 0 amide bonds. The van der Waals surface area contributed by atoms with Crippen molar-refractivity contribution in [2.24, 2.45) is 0 Å². The van der Waals surface area contributed by atoms with E-state index < -0.39 is 0 Å². The summed E-state index contributed by atoms with van der Waals surface area (Å²) in [7, 11) is 1.66. The summed E-state index contributed by atoms with van der Waals surface area (Å²) < 4.78 is 6.30. The molecule has 0 bridgehead atoms. The van der Waals surface area contributed by atoms with Gasteiger partial charge in [0, 0.05) is 6.54 Å². The van der Waals surface area contributed by atoms with Crippen LogP contribution in [0.1, 0.15) is 11.1 Å². The lowest BCUT2D eigenvalue weighted by atomic mass is 10.1. The number of hydrogen-bond donors (Lipinski definition) is 1. The second-order valence-corrected chi connectivity index (χ2v) is 5.55. The summed E-state index contributed by atoms with van der Waals surface area (Å²) in [5.74, 6) is 0.833. The molecule has 0 spiro atoms. The Bertz CT molecular complexity index is 820. The molecule has 1 N–H and O–H groups in total. The molecule has 1 heterocycles. The fourth-order valence-electron chi connectivity index (χ4n) is 2.04. The van der Waals surface area contributed by atoms with Gasteiger partial charge in [-0.15, -0.1) is 0 Å². The number of methoxy groups -OCH3 is 1. The molecular formula is C16H13N3OS. The highest BCUT2D eigenvalue weighted by atomic mass is 32.1. The summed E-state index contributed by atoms with van der Waals surface area (Å²) in [6.45, 7) is 0.645. The average Bonchev–Trinajstić information content (AvgIpc) is 2.95. The van der Waals surface area contributed by atoms with Crippen LogP contribution in [0.25, 0.3) is 10.2 Å². The van der Waals surface area contributed by atoms with Gasteiger partial charge in [-0.3, -0.25) is 0 Å². The van der Waals surface area contributed by atoms with E-state index in [1.54, 1.807) is 24.5 Å². The van der Waals surface area contributed by atoms with Gasteiger partial charge in [-0.1, -0.05) is 23.5 Å². The van der Waals surface area contributed by atoms with Crippen LogP contribution in [0, 0.1) is 11.3 Å². The smallest absolute Gasteiger partial charge is 0.184 e. The van der Waals surface area contributed by atoms with Crippen molar-refractivity contribution in [1.29, 1.82) is 5.26 Å². The van der Waals surface area contributed by atoms with E-state index in [1.165, 1.54) is 0 Å². The van der Waals surface area contributed by atoms with E-state index in [4.69, 9.17) is 10.00 Å². The highest BCUT2D eigenvalue weighted by Gasteiger charge is 2.05. The standard InChI is InChI=1S/C16H13N3OS/c1-20-13-5-6-14-15(8-13)21-16(19-14)18-10-12-4-2-3-11(7-12)9-17/h2-8H,10H2,1H3,(H,18,19). The Morgan fingerprint density at radius 2 is 2.19 bits per heavy atom. The van der Waals surface area contributed by atoms with E-state index in [0.29, 0.717) is 12.1 Å². The monoisotopic (exact) mass is 295 g/mol. The lowest BCUT2D eigenvalue weighted by Crippen LogP contribution is -1.98. The maximum absolute atomic E-state index is 8.90. The third-order valence-corrected chi connectivity index (χ3v) is 4.07. The Labute approximate surface area is 126 Å². The minimum absolute atomic E-state index is 0.645. The third kappa shape index (κ3) is 2.96. The van der Waals surface area contributed by atoms with Crippen LogP contribution in [-0.4, -0.2) is 12.1 Å². The summed E-state index contributed by atoms with van der Waals surface area (Å²) in [5.41, 5.74) is 2.68. The van der Waals surface area contributed by atoms with E-state index in [-0.39, 0.29) is 0 Å². The van der Waals surface area contributed by atoms with Gasteiger partial charge in [0.1, 0.15) is 5.75 Å². The number of nitriles is 1. The zero-order valence-electron chi connectivity index (χ0n) is 11.5. The van der Waals surface area contributed by atoms with E-state index >= 15 is 0 Å². The molecule has 0 aliphatic carbocycles. The van der Waals surface area contributed by atoms with Crippen molar-refractivity contribution < 1.29 is 4.74 Å². The largest absolute Gasteiger partial charge is 0.497 e. The Morgan fingerprint density at radius 3 is 3.00 bits per heavy atom. The molecule has 0 radical (unpaired) electrons. The molecule has 5 heteroatoms. The number of fused-ring (bicyclic) bond motifs is 1. The Balaban J connectivity index is 1.77. The molecule has 0 unspecified atom stereocenters. The maximum Gasteiger partial charge on any atom is 0.184 e. The number of aromatic nitrogens is 1. The van der Waals surface area contributed by atoms with Gasteiger partial charge in [0.2, 0.25) is 0 Å². The molecule has 104 valence electrons. The molecule has 0 atom stereocenters. The van der Waals surface area contributed by atoms with Crippen LogP contribution >= 0.6 is 11.3 Å². The lowest BCUT2D eigenvalue weighted by Gasteiger charge is -2.02. The first-order valence-electron chi connectivity index (χ1n) is 6.46. The van der Waals surface area contributed by atoms with Crippen molar-refractivity contribution in [3.63, 3.8) is 0 Å². The van der Waals surface area contributed by atoms with Crippen LogP contribution < -0.4 is 10.1 Å². The molecule has 4 nitrogen and oxygen atoms in total. The van der Waals surface area contributed by atoms with Gasteiger partial charge >= 0.3 is 0 Å². The topological polar surface area (TPSA) is 57.9 Å². The number of nitrogens with zero attached hydrogens (tertiary/aromatic N) is 2. The van der Waals surface area contributed by atoms with Gasteiger partial charge in [0.25, 0.3) is 0 Å². The number of hydrogen-bond acceptors (Lipinski definition) is 5. The molecule has 3 rings (SSSR count). The first-order valence-corrected chi connectivity index (χ1v) is 7.27. The molecule has 2 aromatic carbocycles. The van der Waals surface area contributed by atoms with E-state index in [0.717, 1.165) is 26.7 Å². The van der Waals surface area contributed by atoms with E-state index in [1.807, 2.05) is 36.4 Å². The molecule has 0 aliphatic heterocycles. The Kier molecular flexibility index (Phi) is 3.71. The van der Waals surface area contributed by atoms with E-state index in [9.17, 15) is 0 Å². The van der Waals surface area contributed by atoms with Crippen molar-refractivity contribution in [1.82, 2.24) is 4.98 Å². The minimum atomic E-state index is 0.645. The minimum Gasteiger partial charge on any atom is -0.497 e. The van der Waals surface area contributed by atoms with Gasteiger partial charge in [-0.05, 0) is 35.9 Å². The Morgan fingerprint density at radius 1 is 1.29 bits per heavy atom. The first-order chi connectivity index (χ1) is 10.3. The second-order valence-electron chi connectivity index (χ2n) is 4.52. The normalized spacial score (nSPS) is 10.3. The molecule has 0 saturated heterocycles. The van der Waals surface area contributed by atoms with E-state index in [2.05, 4.69) is 16.4 Å². The number of anilines is 1. The predicted octanol–water partition coefficient (Wildman–Crippen LogP) is 3.79. The quantitative estimate of drug-likeness (QED) is 0.795. The highest BCUT2D eigenvalue weighted by Crippen LogP contribution is 2.29. The van der Waals surface area contributed by atoms with Crippen molar-refractivity contribution in [2.45, 2.75) is 6.54 Å². The molecule has 0 aliphatic rings. The summed E-state index contributed by atoms with van der Waals surface area (Å²) in [4.78, 5) is 4.53. The number of benzene rings is 2. The van der Waals surface area contributed by atoms with Crippen molar-refractivity contribution in [3.05, 3.63) is 53.6 Å². The molecule has 0 fully saturated rings. The summed E-state index contributed by atoms with van der Waals surface area (Å²) in [6, 6.07) is 15.5. The first kappa shape index (κ1) is 13.4. The SMILES string of the molecule is COc1ccc2nc(NCc3cccc(C#N)c3)sc2c1. The van der Waals surface area contributed by atoms with Crippen molar-refractivity contribution in [2.75, 3.05) is 12.4 Å². The lowest BCUT2D eigenvalue weighted by molar-refractivity contribution is 0.415. The number of thiazole rings is 1. The summed E-state index contributed by atoms with van der Waals surface area (Å²) >= 11 is 1.59. The van der Waals surface area contributed by atoms with Gasteiger partial charge in [0.05, 0.1) is 29.0 Å². The number of rotatable bonds is 4.